The Hall–Kier alpha value is -2.08. The van der Waals surface area contributed by atoms with Crippen molar-refractivity contribution in [3.05, 3.63) is 53.6 Å². The normalized spacial score (nSPS) is 13.4. The Bertz CT molecular complexity index is 1040. The predicted octanol–water partition coefficient (Wildman–Crippen LogP) is 1.16. The van der Waals surface area contributed by atoms with E-state index in [9.17, 15) is 30.7 Å². The van der Waals surface area contributed by atoms with Crippen LogP contribution in [0.3, 0.4) is 0 Å². The summed E-state index contributed by atoms with van der Waals surface area (Å²) in [5.74, 6) is -1.75. The van der Waals surface area contributed by atoms with Gasteiger partial charge in [0, 0.05) is 24.4 Å². The number of benzene rings is 2. The van der Waals surface area contributed by atoms with Gasteiger partial charge in [-0.25, -0.2) is 30.8 Å². The molecule has 4 N–H and O–H groups in total. The van der Waals surface area contributed by atoms with E-state index in [0.717, 1.165) is 30.5 Å². The minimum Gasteiger partial charge on any atom is -0.386 e. The second-order valence-corrected chi connectivity index (χ2v) is 9.08. The van der Waals surface area contributed by atoms with E-state index >= 15 is 0 Å². The average molecular weight is 406 g/mol. The Morgan fingerprint density at radius 3 is 2.31 bits per heavy atom. The number of anilines is 1. The van der Waals surface area contributed by atoms with Crippen LogP contribution in [0.25, 0.3) is 0 Å². The van der Waals surface area contributed by atoms with E-state index in [1.807, 2.05) is 0 Å². The summed E-state index contributed by atoms with van der Waals surface area (Å²) >= 11 is 0. The van der Waals surface area contributed by atoms with Crippen molar-refractivity contribution in [2.24, 2.45) is 5.14 Å². The van der Waals surface area contributed by atoms with Crippen LogP contribution in [-0.4, -0.2) is 34.7 Å². The van der Waals surface area contributed by atoms with Gasteiger partial charge in [0.15, 0.2) is 9.84 Å². The summed E-state index contributed by atoms with van der Waals surface area (Å²) in [6.45, 7) is -0.306. The van der Waals surface area contributed by atoms with Crippen LogP contribution in [-0.2, 0) is 19.9 Å². The Morgan fingerprint density at radius 1 is 1.12 bits per heavy atom. The van der Waals surface area contributed by atoms with Gasteiger partial charge < -0.3 is 10.4 Å². The molecule has 0 spiro atoms. The van der Waals surface area contributed by atoms with Crippen LogP contribution >= 0.6 is 0 Å². The lowest BCUT2D eigenvalue weighted by Crippen LogP contribution is -2.17. The van der Waals surface area contributed by atoms with E-state index in [-0.39, 0.29) is 22.7 Å². The van der Waals surface area contributed by atoms with Gasteiger partial charge in [-0.15, -0.1) is 0 Å². The number of hydrogen-bond acceptors (Lipinski definition) is 6. The molecule has 0 heterocycles. The Balaban J connectivity index is 2.31. The molecule has 0 aliphatic carbocycles. The van der Waals surface area contributed by atoms with Crippen molar-refractivity contribution >= 4 is 25.5 Å². The molecule has 0 bridgehead atoms. The van der Waals surface area contributed by atoms with Crippen LogP contribution in [0.15, 0.2) is 46.2 Å². The number of primary sulfonamides is 1. The molecule has 0 saturated heterocycles. The van der Waals surface area contributed by atoms with Gasteiger partial charge >= 0.3 is 0 Å². The van der Waals surface area contributed by atoms with Crippen LogP contribution in [0, 0.1) is 11.6 Å². The SMILES string of the molecule is CS(=O)(=O)c1cc(S(N)(=O)=O)ccc1NCC(O)c1ccc(F)cc1F. The molecule has 0 radical (unpaired) electrons. The molecule has 26 heavy (non-hydrogen) atoms. The highest BCUT2D eigenvalue weighted by atomic mass is 32.2. The van der Waals surface area contributed by atoms with Gasteiger partial charge in [0.05, 0.1) is 21.6 Å². The summed E-state index contributed by atoms with van der Waals surface area (Å²) in [6, 6.07) is 5.81. The fourth-order valence-corrected chi connectivity index (χ4v) is 3.72. The number of aliphatic hydroxyl groups excluding tert-OH is 1. The fourth-order valence-electron chi connectivity index (χ4n) is 2.22. The lowest BCUT2D eigenvalue weighted by Gasteiger charge is -2.16. The van der Waals surface area contributed by atoms with Crippen molar-refractivity contribution in [1.82, 2.24) is 0 Å². The second-order valence-electron chi connectivity index (χ2n) is 5.54. The topological polar surface area (TPSA) is 127 Å². The van der Waals surface area contributed by atoms with Crippen LogP contribution < -0.4 is 10.5 Å². The minimum atomic E-state index is -4.11. The number of sulfone groups is 1. The first-order valence-corrected chi connectivity index (χ1v) is 10.6. The maximum atomic E-state index is 13.7. The van der Waals surface area contributed by atoms with E-state index in [1.165, 1.54) is 6.07 Å². The third-order valence-electron chi connectivity index (χ3n) is 3.49. The highest BCUT2D eigenvalue weighted by Gasteiger charge is 2.20. The molecule has 2 rings (SSSR count). The molecule has 0 aliphatic rings. The van der Waals surface area contributed by atoms with Crippen molar-refractivity contribution in [3.8, 4) is 0 Å². The number of aliphatic hydroxyl groups is 1. The number of sulfonamides is 1. The average Bonchev–Trinajstić information content (AvgIpc) is 2.50. The molecule has 1 unspecified atom stereocenters. The zero-order valence-corrected chi connectivity index (χ0v) is 15.1. The molecular weight excluding hydrogens is 390 g/mol. The Morgan fingerprint density at radius 2 is 1.77 bits per heavy atom. The monoisotopic (exact) mass is 406 g/mol. The highest BCUT2D eigenvalue weighted by molar-refractivity contribution is 7.91. The largest absolute Gasteiger partial charge is 0.386 e. The van der Waals surface area contributed by atoms with Gasteiger partial charge in [-0.3, -0.25) is 0 Å². The lowest BCUT2D eigenvalue weighted by atomic mass is 10.1. The number of nitrogens with two attached hydrogens (primary N) is 1. The maximum Gasteiger partial charge on any atom is 0.238 e. The van der Waals surface area contributed by atoms with Crippen molar-refractivity contribution in [1.29, 1.82) is 0 Å². The first-order valence-electron chi connectivity index (χ1n) is 7.13. The zero-order valence-electron chi connectivity index (χ0n) is 13.5. The quantitative estimate of drug-likeness (QED) is 0.661. The summed E-state index contributed by atoms with van der Waals surface area (Å²) < 4.78 is 73.2. The van der Waals surface area contributed by atoms with Gasteiger partial charge in [-0.2, -0.15) is 0 Å². The molecule has 0 aromatic heterocycles. The molecule has 1 atom stereocenters. The molecule has 2 aromatic carbocycles. The molecule has 142 valence electrons. The van der Waals surface area contributed by atoms with Gasteiger partial charge in [0.1, 0.15) is 11.6 Å². The number of nitrogens with one attached hydrogen (secondary N) is 1. The van der Waals surface area contributed by atoms with E-state index in [1.54, 1.807) is 0 Å². The molecular formula is C15H16F2N2O5S2. The van der Waals surface area contributed by atoms with E-state index in [0.29, 0.717) is 6.07 Å². The Kier molecular flexibility index (Phi) is 5.66. The summed E-state index contributed by atoms with van der Waals surface area (Å²) in [4.78, 5) is -0.746. The second kappa shape index (κ2) is 7.27. The van der Waals surface area contributed by atoms with Gasteiger partial charge in [0.2, 0.25) is 10.0 Å². The maximum absolute atomic E-state index is 13.7. The summed E-state index contributed by atoms with van der Waals surface area (Å²) in [6.07, 6.45) is -0.530. The van der Waals surface area contributed by atoms with Crippen molar-refractivity contribution < 1.29 is 30.7 Å². The standard InChI is InChI=1S/C15H16F2N2O5S2/c1-25(21,22)15-7-10(26(18,23)24)3-5-13(15)19-8-14(20)11-4-2-9(16)6-12(11)17/h2-7,14,19-20H,8H2,1H3,(H2,18,23,24). The molecule has 2 aromatic rings. The van der Waals surface area contributed by atoms with Gasteiger partial charge in [-0.05, 0) is 24.3 Å². The summed E-state index contributed by atoms with van der Waals surface area (Å²) in [5, 5.41) is 17.6. The molecule has 0 fully saturated rings. The van der Waals surface area contributed by atoms with Gasteiger partial charge in [-0.1, -0.05) is 6.07 Å². The van der Waals surface area contributed by atoms with Crippen LogP contribution in [0.2, 0.25) is 0 Å². The molecule has 0 amide bonds. The van der Waals surface area contributed by atoms with Gasteiger partial charge in [0.25, 0.3) is 0 Å². The third-order valence-corrected chi connectivity index (χ3v) is 5.54. The van der Waals surface area contributed by atoms with Crippen LogP contribution in [0.4, 0.5) is 14.5 Å². The first-order chi connectivity index (χ1) is 11.9. The first kappa shape index (κ1) is 20.2. The number of rotatable bonds is 6. The van der Waals surface area contributed by atoms with Crippen LogP contribution in [0.1, 0.15) is 11.7 Å². The van der Waals surface area contributed by atoms with E-state index < -0.39 is 42.5 Å². The molecule has 0 saturated carbocycles. The predicted molar refractivity (Wildman–Crippen MR) is 90.7 cm³/mol. The fraction of sp³-hybridized carbons (Fsp3) is 0.200. The molecule has 7 nitrogen and oxygen atoms in total. The van der Waals surface area contributed by atoms with Crippen LogP contribution in [0.5, 0.6) is 0 Å². The summed E-state index contributed by atoms with van der Waals surface area (Å²) in [5.41, 5.74) is -0.178. The number of halogens is 2. The summed E-state index contributed by atoms with van der Waals surface area (Å²) in [7, 11) is -7.94. The lowest BCUT2D eigenvalue weighted by molar-refractivity contribution is 0.186. The third kappa shape index (κ3) is 4.75. The smallest absolute Gasteiger partial charge is 0.238 e. The zero-order chi connectivity index (χ0) is 19.7. The highest BCUT2D eigenvalue weighted by Crippen LogP contribution is 2.26. The van der Waals surface area contributed by atoms with E-state index in [2.05, 4.69) is 5.32 Å². The van der Waals surface area contributed by atoms with E-state index in [4.69, 9.17) is 5.14 Å². The Labute approximate surface area is 149 Å². The molecule has 0 aliphatic heterocycles. The molecule has 11 heteroatoms. The number of hydrogen-bond donors (Lipinski definition) is 3. The van der Waals surface area contributed by atoms with Crippen molar-refractivity contribution in [2.75, 3.05) is 18.1 Å². The van der Waals surface area contributed by atoms with Crippen molar-refractivity contribution in [2.45, 2.75) is 15.9 Å². The minimum absolute atomic E-state index is 0.00136. The van der Waals surface area contributed by atoms with Crippen molar-refractivity contribution in [3.63, 3.8) is 0 Å².